The highest BCUT2D eigenvalue weighted by molar-refractivity contribution is 5.93. The number of carbonyl (C=O) groups is 2. The van der Waals surface area contributed by atoms with Gasteiger partial charge in [-0.15, -0.1) is 0 Å². The van der Waals surface area contributed by atoms with Crippen molar-refractivity contribution in [3.05, 3.63) is 48.0 Å². The number of ether oxygens (including phenoxy) is 1. The number of nitrogens with zero attached hydrogens (tertiary/aromatic N) is 6. The van der Waals surface area contributed by atoms with E-state index in [0.29, 0.717) is 50.9 Å². The molecule has 3 aromatic rings. The molecule has 0 aromatic carbocycles. The maximum Gasteiger partial charge on any atom is 0.267 e. The number of piperazine rings is 1. The van der Waals surface area contributed by atoms with Gasteiger partial charge >= 0.3 is 0 Å². The first kappa shape index (κ1) is 23.5. The van der Waals surface area contributed by atoms with Crippen molar-refractivity contribution in [3.63, 3.8) is 0 Å². The smallest absolute Gasteiger partial charge is 0.267 e. The van der Waals surface area contributed by atoms with E-state index in [2.05, 4.69) is 15.0 Å². The Morgan fingerprint density at radius 2 is 1.79 bits per heavy atom. The van der Waals surface area contributed by atoms with E-state index in [0.717, 1.165) is 17.8 Å². The van der Waals surface area contributed by atoms with Crippen LogP contribution >= 0.6 is 0 Å². The van der Waals surface area contributed by atoms with E-state index in [1.165, 1.54) is 0 Å². The van der Waals surface area contributed by atoms with Gasteiger partial charge in [-0.25, -0.2) is 23.7 Å². The molecule has 1 aliphatic heterocycles. The summed E-state index contributed by atoms with van der Waals surface area (Å²) in [5, 5.41) is 0.898. The van der Waals surface area contributed by atoms with E-state index in [1.807, 2.05) is 21.7 Å². The lowest BCUT2D eigenvalue weighted by Crippen LogP contribution is -2.49. The summed E-state index contributed by atoms with van der Waals surface area (Å²) >= 11 is 0. The first-order valence-corrected chi connectivity index (χ1v) is 10.9. The van der Waals surface area contributed by atoms with Crippen LogP contribution in [0, 0.1) is 0 Å². The van der Waals surface area contributed by atoms with Gasteiger partial charge in [0.05, 0.1) is 25.2 Å². The third-order valence-electron chi connectivity index (χ3n) is 5.63. The fourth-order valence-corrected chi connectivity index (χ4v) is 3.72. The largest absolute Gasteiger partial charge is 0.379 e. The Hall–Kier alpha value is -3.67. The van der Waals surface area contributed by atoms with E-state index in [1.54, 1.807) is 17.0 Å². The lowest BCUT2D eigenvalue weighted by molar-refractivity contribution is -0.132. The molecular weight excluding hydrogens is 448 g/mol. The summed E-state index contributed by atoms with van der Waals surface area (Å²) in [6.45, 7) is 3.26. The number of aromatic nitrogens is 4. The summed E-state index contributed by atoms with van der Waals surface area (Å²) in [5.74, 6) is -0.204. The fourth-order valence-electron chi connectivity index (χ4n) is 3.72. The number of hydrogen-bond acceptors (Lipinski definition) is 7. The molecule has 0 spiro atoms. The SMILES string of the molecule is NC(=O)c1ccc2ccn(CCOCCC(=O)N3CCN(c4ncc(C(F)F)cn4)CC3)c2n1. The third-order valence-corrected chi connectivity index (χ3v) is 5.63. The summed E-state index contributed by atoms with van der Waals surface area (Å²) in [6.07, 6.45) is 1.78. The normalized spacial score (nSPS) is 14.2. The van der Waals surface area contributed by atoms with Crippen LogP contribution in [-0.2, 0) is 16.1 Å². The Bertz CT molecular complexity index is 1150. The van der Waals surface area contributed by atoms with Crippen molar-refractivity contribution < 1.29 is 23.1 Å². The summed E-state index contributed by atoms with van der Waals surface area (Å²) < 4.78 is 32.8. The summed E-state index contributed by atoms with van der Waals surface area (Å²) in [7, 11) is 0. The van der Waals surface area contributed by atoms with Gasteiger partial charge in [0.2, 0.25) is 11.9 Å². The molecule has 1 saturated heterocycles. The number of alkyl halides is 2. The highest BCUT2D eigenvalue weighted by Crippen LogP contribution is 2.19. The first-order valence-electron chi connectivity index (χ1n) is 10.9. The predicted octanol–water partition coefficient (Wildman–Crippen LogP) is 1.62. The molecule has 2 amide bonds. The second-order valence-corrected chi connectivity index (χ2v) is 7.83. The first-order chi connectivity index (χ1) is 16.4. The maximum atomic E-state index is 12.6. The van der Waals surface area contributed by atoms with Crippen LogP contribution in [0.2, 0.25) is 0 Å². The number of amides is 2. The van der Waals surface area contributed by atoms with E-state index in [9.17, 15) is 18.4 Å². The summed E-state index contributed by atoms with van der Waals surface area (Å²) in [4.78, 5) is 39.7. The molecule has 0 bridgehead atoms. The number of primary amides is 1. The van der Waals surface area contributed by atoms with Gasteiger partial charge in [0.15, 0.2) is 0 Å². The number of halogens is 2. The van der Waals surface area contributed by atoms with E-state index in [4.69, 9.17) is 10.5 Å². The van der Waals surface area contributed by atoms with Crippen LogP contribution < -0.4 is 10.6 Å². The Kier molecular flexibility index (Phi) is 7.26. The molecule has 10 nitrogen and oxygen atoms in total. The summed E-state index contributed by atoms with van der Waals surface area (Å²) in [6, 6.07) is 5.28. The number of hydrogen-bond donors (Lipinski definition) is 1. The van der Waals surface area contributed by atoms with Crippen LogP contribution in [0.4, 0.5) is 14.7 Å². The zero-order valence-electron chi connectivity index (χ0n) is 18.4. The zero-order valence-corrected chi connectivity index (χ0v) is 18.4. The van der Waals surface area contributed by atoms with Crippen molar-refractivity contribution in [2.24, 2.45) is 5.73 Å². The van der Waals surface area contributed by atoms with Gasteiger partial charge in [0.25, 0.3) is 12.3 Å². The number of nitrogens with two attached hydrogens (primary N) is 1. The minimum atomic E-state index is -2.60. The Morgan fingerprint density at radius 1 is 1.06 bits per heavy atom. The monoisotopic (exact) mass is 473 g/mol. The molecule has 34 heavy (non-hydrogen) atoms. The quantitative estimate of drug-likeness (QED) is 0.469. The van der Waals surface area contributed by atoms with Crippen molar-refractivity contribution in [1.29, 1.82) is 0 Å². The molecule has 0 aliphatic carbocycles. The minimum absolute atomic E-state index is 0.00667. The molecule has 4 heterocycles. The van der Waals surface area contributed by atoms with Crippen LogP contribution in [0.5, 0.6) is 0 Å². The van der Waals surface area contributed by atoms with Crippen molar-refractivity contribution in [1.82, 2.24) is 24.4 Å². The Morgan fingerprint density at radius 3 is 2.47 bits per heavy atom. The number of carbonyl (C=O) groups excluding carboxylic acids is 2. The molecule has 4 rings (SSSR count). The molecular formula is C22H25F2N7O3. The fraction of sp³-hybridized carbons (Fsp3) is 0.409. The molecule has 12 heteroatoms. The number of anilines is 1. The average Bonchev–Trinajstić information content (AvgIpc) is 3.26. The van der Waals surface area contributed by atoms with Crippen LogP contribution in [-0.4, -0.2) is 75.6 Å². The van der Waals surface area contributed by atoms with Crippen LogP contribution in [0.3, 0.4) is 0 Å². The molecule has 0 radical (unpaired) electrons. The molecule has 0 saturated carbocycles. The van der Waals surface area contributed by atoms with Crippen LogP contribution in [0.15, 0.2) is 36.8 Å². The van der Waals surface area contributed by atoms with Crippen molar-refractivity contribution in [3.8, 4) is 0 Å². The molecule has 1 fully saturated rings. The van der Waals surface area contributed by atoms with Gasteiger partial charge in [0, 0.05) is 56.7 Å². The molecule has 0 atom stereocenters. The van der Waals surface area contributed by atoms with Gasteiger partial charge < -0.3 is 24.8 Å². The van der Waals surface area contributed by atoms with Crippen molar-refractivity contribution >= 4 is 28.8 Å². The standard InChI is InChI=1S/C22H25F2N7O3/c23-19(24)16-13-26-22(27-14-16)31-8-6-29(7-9-31)18(32)4-11-34-12-10-30-5-3-15-1-2-17(20(25)33)28-21(15)30/h1-3,5,13-14,19H,4,6-12H2,(H2,25,33). The number of pyridine rings is 1. The third kappa shape index (κ3) is 5.45. The Balaban J connectivity index is 1.18. The highest BCUT2D eigenvalue weighted by atomic mass is 19.3. The highest BCUT2D eigenvalue weighted by Gasteiger charge is 2.22. The molecule has 180 valence electrons. The van der Waals surface area contributed by atoms with Crippen molar-refractivity contribution in [2.45, 2.75) is 19.4 Å². The van der Waals surface area contributed by atoms with E-state index in [-0.39, 0.29) is 30.2 Å². The van der Waals surface area contributed by atoms with Gasteiger partial charge in [-0.1, -0.05) is 0 Å². The maximum absolute atomic E-state index is 12.6. The van der Waals surface area contributed by atoms with Gasteiger partial charge in [-0.2, -0.15) is 0 Å². The van der Waals surface area contributed by atoms with Crippen molar-refractivity contribution in [2.75, 3.05) is 44.3 Å². The molecule has 1 aliphatic rings. The average molecular weight is 473 g/mol. The van der Waals surface area contributed by atoms with Gasteiger partial charge in [0.1, 0.15) is 11.3 Å². The van der Waals surface area contributed by atoms with E-state index >= 15 is 0 Å². The van der Waals surface area contributed by atoms with Crippen LogP contribution in [0.25, 0.3) is 11.0 Å². The second kappa shape index (κ2) is 10.5. The second-order valence-electron chi connectivity index (χ2n) is 7.83. The zero-order chi connectivity index (χ0) is 24.1. The topological polar surface area (TPSA) is 119 Å². The molecule has 2 N–H and O–H groups in total. The van der Waals surface area contributed by atoms with Gasteiger partial charge in [-0.05, 0) is 18.2 Å². The number of rotatable bonds is 9. The minimum Gasteiger partial charge on any atom is -0.379 e. The van der Waals surface area contributed by atoms with Gasteiger partial charge in [-0.3, -0.25) is 9.59 Å². The summed E-state index contributed by atoms with van der Waals surface area (Å²) in [5.41, 5.74) is 5.95. The van der Waals surface area contributed by atoms with Crippen LogP contribution in [0.1, 0.15) is 28.9 Å². The molecule has 3 aromatic heterocycles. The lowest BCUT2D eigenvalue weighted by atomic mass is 10.3. The predicted molar refractivity (Wildman–Crippen MR) is 119 cm³/mol. The van der Waals surface area contributed by atoms with E-state index < -0.39 is 12.3 Å². The number of fused-ring (bicyclic) bond motifs is 1. The molecule has 0 unspecified atom stereocenters. The lowest BCUT2D eigenvalue weighted by Gasteiger charge is -2.34. The Labute approximate surface area is 194 Å².